The number of allylic oxidation sites excluding steroid dienone is 12. The van der Waals surface area contributed by atoms with Crippen LogP contribution in [0.2, 0.25) is 0 Å². The average molecular weight is 484 g/mol. The van der Waals surface area contributed by atoms with Gasteiger partial charge in [-0.05, 0) is 27.2 Å². The molecule has 0 bridgehead atoms. The zero-order valence-electron chi connectivity index (χ0n) is 21.2. The Kier molecular flexibility index (Phi) is 14.5. The summed E-state index contributed by atoms with van der Waals surface area (Å²) in [6.45, 7) is 7.62. The number of nitrogens with one attached hydrogen (secondary N) is 1. The Hall–Kier alpha value is -2.77. The topological polar surface area (TPSA) is 110 Å². The van der Waals surface area contributed by atoms with Gasteiger partial charge in [-0.3, -0.25) is 4.79 Å². The van der Waals surface area contributed by atoms with Gasteiger partial charge >= 0.3 is 0 Å². The van der Waals surface area contributed by atoms with Gasteiger partial charge in [-0.2, -0.15) is 0 Å². The summed E-state index contributed by atoms with van der Waals surface area (Å²) in [6, 6.07) is -0.00833. The second-order valence-electron chi connectivity index (χ2n) is 8.96. The van der Waals surface area contributed by atoms with Crippen LogP contribution in [0.1, 0.15) is 40.5 Å². The number of aliphatic hydroxyl groups is 4. The first-order valence-electron chi connectivity index (χ1n) is 12.0. The Labute approximate surface area is 209 Å². The van der Waals surface area contributed by atoms with Crippen molar-refractivity contribution in [3.8, 4) is 0 Å². The van der Waals surface area contributed by atoms with Crippen molar-refractivity contribution < 1.29 is 25.2 Å². The van der Waals surface area contributed by atoms with Crippen molar-refractivity contribution in [2.75, 3.05) is 0 Å². The van der Waals surface area contributed by atoms with Crippen LogP contribution in [0.3, 0.4) is 0 Å². The lowest BCUT2D eigenvalue weighted by Crippen LogP contribution is -2.41. The minimum Gasteiger partial charge on any atom is -0.390 e. The van der Waals surface area contributed by atoms with Gasteiger partial charge in [0, 0.05) is 24.5 Å². The molecule has 1 rings (SSSR count). The number of carbonyl (C=O) groups is 1. The van der Waals surface area contributed by atoms with Crippen molar-refractivity contribution in [2.45, 2.75) is 71.0 Å². The zero-order chi connectivity index (χ0) is 26.2. The molecule has 0 fully saturated rings. The highest BCUT2D eigenvalue weighted by Gasteiger charge is 2.28. The fourth-order valence-electron chi connectivity index (χ4n) is 3.34. The molecule has 6 heteroatoms. The number of carbonyl (C=O) groups excluding carboxylic acids is 1. The van der Waals surface area contributed by atoms with Gasteiger partial charge in [0.2, 0.25) is 5.91 Å². The third kappa shape index (κ3) is 13.6. The van der Waals surface area contributed by atoms with Gasteiger partial charge < -0.3 is 25.7 Å². The zero-order valence-corrected chi connectivity index (χ0v) is 21.2. The maximum atomic E-state index is 12.0. The quantitative estimate of drug-likeness (QED) is 0.362. The standard InChI is InChI=1S/C29H41NO5/c1-21-13-9-11-16-24(4)30-27(33)18-8-6-5-7-15-23(3)28(34)29(35)26(32)20-25(31)17-12-10-14-22(2)19-21/h5-15,17-19,23-26,28-29,31-32,34-35H,16,20H2,1-4H3,(H,30,33)/t23-,24-,25-,26-,28+,29+/m0/s1. The van der Waals surface area contributed by atoms with E-state index in [1.165, 1.54) is 12.2 Å². The second kappa shape index (κ2) is 16.8. The molecule has 1 amide bonds. The molecule has 0 aromatic rings. The molecule has 0 aromatic carbocycles. The van der Waals surface area contributed by atoms with E-state index >= 15 is 0 Å². The number of hydrogen-bond donors (Lipinski definition) is 5. The molecule has 1 aliphatic rings. The van der Waals surface area contributed by atoms with Crippen molar-refractivity contribution in [1.82, 2.24) is 5.32 Å². The van der Waals surface area contributed by atoms with Crippen LogP contribution in [0, 0.1) is 5.92 Å². The molecule has 6 nitrogen and oxygen atoms in total. The Morgan fingerprint density at radius 2 is 1.46 bits per heavy atom. The lowest BCUT2D eigenvalue weighted by molar-refractivity contribution is -0.117. The van der Waals surface area contributed by atoms with Gasteiger partial charge in [0.1, 0.15) is 6.10 Å². The molecule has 0 aromatic heterocycles. The molecule has 192 valence electrons. The van der Waals surface area contributed by atoms with Crippen LogP contribution < -0.4 is 5.32 Å². The molecule has 1 heterocycles. The molecule has 6 atom stereocenters. The molecule has 5 N–H and O–H groups in total. The van der Waals surface area contributed by atoms with Crippen LogP contribution in [0.25, 0.3) is 0 Å². The van der Waals surface area contributed by atoms with Crippen LogP contribution in [0.4, 0.5) is 0 Å². The van der Waals surface area contributed by atoms with Gasteiger partial charge in [0.15, 0.2) is 0 Å². The predicted octanol–water partition coefficient (Wildman–Crippen LogP) is 3.59. The molecule has 0 radical (unpaired) electrons. The van der Waals surface area contributed by atoms with Gasteiger partial charge in [-0.25, -0.2) is 0 Å². The summed E-state index contributed by atoms with van der Waals surface area (Å²) in [5, 5.41) is 43.9. The Morgan fingerprint density at radius 3 is 2.20 bits per heavy atom. The van der Waals surface area contributed by atoms with E-state index in [1.807, 2.05) is 51.2 Å². The maximum Gasteiger partial charge on any atom is 0.244 e. The molecule has 0 saturated carbocycles. The molecule has 0 saturated heterocycles. The largest absolute Gasteiger partial charge is 0.390 e. The highest BCUT2D eigenvalue weighted by atomic mass is 16.4. The van der Waals surface area contributed by atoms with Crippen LogP contribution >= 0.6 is 0 Å². The van der Waals surface area contributed by atoms with Crippen molar-refractivity contribution in [3.05, 3.63) is 96.2 Å². The van der Waals surface area contributed by atoms with Crippen molar-refractivity contribution in [2.24, 2.45) is 5.92 Å². The molecule has 1 aliphatic heterocycles. The molecule has 35 heavy (non-hydrogen) atoms. The second-order valence-corrected chi connectivity index (χ2v) is 8.96. The summed E-state index contributed by atoms with van der Waals surface area (Å²) in [7, 11) is 0. The van der Waals surface area contributed by atoms with Gasteiger partial charge in [0.05, 0.1) is 18.3 Å². The molecule has 0 spiro atoms. The molecule has 0 aliphatic carbocycles. The number of amides is 1. The summed E-state index contributed by atoms with van der Waals surface area (Å²) in [5.41, 5.74) is 2.09. The third-order valence-electron chi connectivity index (χ3n) is 5.39. The van der Waals surface area contributed by atoms with Crippen molar-refractivity contribution in [1.29, 1.82) is 0 Å². The SMILES string of the molecule is CC1=CC=CC[C@H](C)NC(=O)C=CC=CC=C[C@H](C)[C@@H](O)[C@H](O)[C@@H](O)C[C@@H](O)C=CC=CC(C)=C1. The normalized spacial score (nSPS) is 30.6. The number of hydrogen-bond acceptors (Lipinski definition) is 5. The van der Waals surface area contributed by atoms with E-state index in [1.54, 1.807) is 49.5 Å². The molecular weight excluding hydrogens is 442 g/mol. The van der Waals surface area contributed by atoms with Crippen molar-refractivity contribution in [3.63, 3.8) is 0 Å². The Morgan fingerprint density at radius 1 is 0.800 bits per heavy atom. The first kappa shape index (κ1) is 30.3. The maximum absolute atomic E-state index is 12.0. The lowest BCUT2D eigenvalue weighted by Gasteiger charge is -2.26. The van der Waals surface area contributed by atoms with Gasteiger partial charge in [-0.1, -0.05) is 97.1 Å². The number of rotatable bonds is 0. The fourth-order valence-corrected chi connectivity index (χ4v) is 3.34. The van der Waals surface area contributed by atoms with E-state index in [9.17, 15) is 25.2 Å². The van der Waals surface area contributed by atoms with E-state index in [-0.39, 0.29) is 18.4 Å². The molecular formula is C29H41NO5. The van der Waals surface area contributed by atoms with Crippen LogP contribution in [-0.2, 0) is 4.79 Å². The van der Waals surface area contributed by atoms with E-state index in [4.69, 9.17) is 0 Å². The summed E-state index contributed by atoms with van der Waals surface area (Å²) >= 11 is 0. The summed E-state index contributed by atoms with van der Waals surface area (Å²) in [6.07, 6.45) is 20.5. The van der Waals surface area contributed by atoms with Crippen LogP contribution in [-0.4, -0.2) is 56.8 Å². The first-order valence-corrected chi connectivity index (χ1v) is 12.0. The van der Waals surface area contributed by atoms with Crippen molar-refractivity contribution >= 4 is 5.91 Å². The summed E-state index contributed by atoms with van der Waals surface area (Å²) in [5.74, 6) is -0.623. The number of aliphatic hydroxyl groups excluding tert-OH is 4. The summed E-state index contributed by atoms with van der Waals surface area (Å²) in [4.78, 5) is 12.0. The Balaban J connectivity index is 3.00. The van der Waals surface area contributed by atoms with E-state index in [0.717, 1.165) is 11.1 Å². The lowest BCUT2D eigenvalue weighted by atomic mass is 9.93. The first-order chi connectivity index (χ1) is 16.6. The monoisotopic (exact) mass is 483 g/mol. The van der Waals surface area contributed by atoms with E-state index < -0.39 is 30.3 Å². The van der Waals surface area contributed by atoms with Gasteiger partial charge in [-0.15, -0.1) is 0 Å². The average Bonchev–Trinajstić information content (AvgIpc) is 2.79. The minimum absolute atomic E-state index is 0.00833. The Bertz CT molecular complexity index is 891. The molecule has 0 unspecified atom stereocenters. The minimum atomic E-state index is -1.41. The summed E-state index contributed by atoms with van der Waals surface area (Å²) < 4.78 is 0. The highest BCUT2D eigenvalue weighted by molar-refractivity contribution is 5.87. The van der Waals surface area contributed by atoms with E-state index in [2.05, 4.69) is 5.32 Å². The van der Waals surface area contributed by atoms with E-state index in [0.29, 0.717) is 6.42 Å². The predicted molar refractivity (Wildman–Crippen MR) is 142 cm³/mol. The third-order valence-corrected chi connectivity index (χ3v) is 5.39. The van der Waals surface area contributed by atoms with Gasteiger partial charge in [0.25, 0.3) is 0 Å². The highest BCUT2D eigenvalue weighted by Crippen LogP contribution is 2.15. The van der Waals surface area contributed by atoms with Crippen LogP contribution in [0.15, 0.2) is 96.2 Å². The van der Waals surface area contributed by atoms with Crippen LogP contribution in [0.5, 0.6) is 0 Å². The fraction of sp³-hybridized carbons (Fsp3) is 0.414. The smallest absolute Gasteiger partial charge is 0.244 e.